The molecule has 10 heteroatoms. The molecule has 2 aromatic heterocycles. The van der Waals surface area contributed by atoms with E-state index < -0.39 is 10.0 Å². The predicted molar refractivity (Wildman–Crippen MR) is 119 cm³/mol. The quantitative estimate of drug-likeness (QED) is 0.501. The summed E-state index contributed by atoms with van der Waals surface area (Å²) in [7, 11) is -3.84. The highest BCUT2D eigenvalue weighted by atomic mass is 32.2. The van der Waals surface area contributed by atoms with Gasteiger partial charge in [0, 0.05) is 12.6 Å². The minimum Gasteiger partial charge on any atom is -0.299 e. The number of aromatic nitrogens is 2. The summed E-state index contributed by atoms with van der Waals surface area (Å²) in [6, 6.07) is 9.73. The molecule has 0 aliphatic heterocycles. The third-order valence-electron chi connectivity index (χ3n) is 4.65. The van der Waals surface area contributed by atoms with Crippen molar-refractivity contribution in [1.29, 1.82) is 0 Å². The monoisotopic (exact) mass is 449 g/mol. The number of hydrogen-bond donors (Lipinski definition) is 1. The van der Waals surface area contributed by atoms with E-state index in [2.05, 4.69) is 4.72 Å². The van der Waals surface area contributed by atoms with Crippen LogP contribution >= 0.6 is 22.7 Å². The zero-order valence-electron chi connectivity index (χ0n) is 16.0. The van der Waals surface area contributed by atoms with Crippen molar-refractivity contribution in [2.24, 2.45) is 0 Å². The van der Waals surface area contributed by atoms with Crippen molar-refractivity contribution in [2.45, 2.75) is 38.3 Å². The van der Waals surface area contributed by atoms with E-state index in [-0.39, 0.29) is 20.7 Å². The Hall–Kier alpha value is -2.43. The van der Waals surface area contributed by atoms with Gasteiger partial charge in [0.1, 0.15) is 0 Å². The first-order valence-corrected chi connectivity index (χ1v) is 12.1. The molecule has 0 aliphatic carbocycles. The third kappa shape index (κ3) is 3.41. The number of sulfonamides is 1. The number of thiazole rings is 2. The molecular weight excluding hydrogens is 430 g/mol. The second-order valence-electron chi connectivity index (χ2n) is 6.86. The Morgan fingerprint density at radius 1 is 0.966 bits per heavy atom. The van der Waals surface area contributed by atoms with Gasteiger partial charge in [-0.2, -0.15) is 0 Å². The molecule has 2 aromatic carbocycles. The van der Waals surface area contributed by atoms with E-state index in [0.717, 1.165) is 38.4 Å². The second-order valence-corrected chi connectivity index (χ2v) is 10.5. The van der Waals surface area contributed by atoms with Crippen LogP contribution in [-0.4, -0.2) is 17.6 Å². The fourth-order valence-corrected chi connectivity index (χ4v) is 6.51. The predicted octanol–water partition coefficient (Wildman–Crippen LogP) is 3.84. The average molecular weight is 450 g/mol. The van der Waals surface area contributed by atoms with Crippen LogP contribution in [0.1, 0.15) is 26.8 Å². The summed E-state index contributed by atoms with van der Waals surface area (Å²) in [4.78, 5) is 24.1. The Morgan fingerprint density at radius 2 is 1.62 bits per heavy atom. The zero-order chi connectivity index (χ0) is 20.9. The molecule has 29 heavy (non-hydrogen) atoms. The van der Waals surface area contributed by atoms with Crippen molar-refractivity contribution >= 4 is 58.8 Å². The Kier molecular flexibility index (Phi) is 4.88. The zero-order valence-corrected chi connectivity index (χ0v) is 18.5. The standard InChI is InChI=1S/C19H19N3O4S3/c1-4-21-14-7-5-12(9-16(14)27-18(21)23)20-29(25,26)13-6-8-15-17(10-13)28-19(24)22(15)11(2)3/h5-11,20H,4H2,1-3H3. The number of aryl methyl sites for hydroxylation is 1. The molecule has 0 bridgehead atoms. The van der Waals surface area contributed by atoms with Crippen molar-refractivity contribution in [3.8, 4) is 0 Å². The van der Waals surface area contributed by atoms with E-state index in [1.165, 1.54) is 12.1 Å². The third-order valence-corrected chi connectivity index (χ3v) is 7.89. The molecule has 4 rings (SSSR count). The molecule has 0 saturated heterocycles. The highest BCUT2D eigenvalue weighted by Crippen LogP contribution is 2.27. The minimum absolute atomic E-state index is 0.00820. The Bertz CT molecular complexity index is 1460. The lowest BCUT2D eigenvalue weighted by Crippen LogP contribution is -2.15. The first-order chi connectivity index (χ1) is 13.7. The highest BCUT2D eigenvalue weighted by molar-refractivity contribution is 7.92. The fraction of sp³-hybridized carbons (Fsp3) is 0.263. The summed E-state index contributed by atoms with van der Waals surface area (Å²) < 4.78 is 33.0. The molecule has 2 heterocycles. The number of nitrogens with zero attached hydrogens (tertiary/aromatic N) is 2. The van der Waals surface area contributed by atoms with Gasteiger partial charge in [-0.15, -0.1) is 0 Å². The van der Waals surface area contributed by atoms with Gasteiger partial charge in [-0.3, -0.25) is 23.4 Å². The minimum atomic E-state index is -3.84. The van der Waals surface area contributed by atoms with Crippen molar-refractivity contribution < 1.29 is 8.42 Å². The number of hydrogen-bond acceptors (Lipinski definition) is 6. The Balaban J connectivity index is 1.73. The van der Waals surface area contributed by atoms with E-state index in [4.69, 9.17) is 0 Å². The lowest BCUT2D eigenvalue weighted by Gasteiger charge is -2.10. The molecule has 152 valence electrons. The molecule has 4 aromatic rings. The van der Waals surface area contributed by atoms with Crippen molar-refractivity contribution in [1.82, 2.24) is 9.13 Å². The van der Waals surface area contributed by atoms with E-state index in [1.807, 2.05) is 20.8 Å². The average Bonchev–Trinajstić information content (AvgIpc) is 3.14. The number of rotatable bonds is 5. The fourth-order valence-electron chi connectivity index (χ4n) is 3.32. The number of benzene rings is 2. The molecule has 0 radical (unpaired) electrons. The van der Waals surface area contributed by atoms with Crippen molar-refractivity contribution in [3.63, 3.8) is 0 Å². The first kappa shape index (κ1) is 19.9. The molecule has 0 spiro atoms. The van der Waals surface area contributed by atoms with E-state index in [9.17, 15) is 18.0 Å². The van der Waals surface area contributed by atoms with E-state index in [0.29, 0.717) is 16.9 Å². The molecule has 0 atom stereocenters. The summed E-state index contributed by atoms with van der Waals surface area (Å²) >= 11 is 2.12. The topological polar surface area (TPSA) is 90.2 Å². The summed E-state index contributed by atoms with van der Waals surface area (Å²) in [6.45, 7) is 6.27. The van der Waals surface area contributed by atoms with Gasteiger partial charge in [-0.05, 0) is 57.2 Å². The van der Waals surface area contributed by atoms with Crippen molar-refractivity contribution in [2.75, 3.05) is 4.72 Å². The Labute approximate surface area is 174 Å². The van der Waals surface area contributed by atoms with Gasteiger partial charge in [0.25, 0.3) is 10.0 Å². The van der Waals surface area contributed by atoms with Gasteiger partial charge >= 0.3 is 9.75 Å². The lowest BCUT2D eigenvalue weighted by atomic mass is 10.3. The van der Waals surface area contributed by atoms with Crippen LogP contribution in [0.5, 0.6) is 0 Å². The number of nitrogens with one attached hydrogen (secondary N) is 1. The largest absolute Gasteiger partial charge is 0.308 e. The molecule has 0 unspecified atom stereocenters. The normalized spacial score (nSPS) is 12.3. The lowest BCUT2D eigenvalue weighted by molar-refractivity contribution is 0.601. The van der Waals surface area contributed by atoms with Gasteiger partial charge in [0.2, 0.25) is 0 Å². The number of anilines is 1. The van der Waals surface area contributed by atoms with E-state index in [1.54, 1.807) is 33.4 Å². The van der Waals surface area contributed by atoms with Gasteiger partial charge in [-0.25, -0.2) is 8.42 Å². The van der Waals surface area contributed by atoms with Crippen LogP contribution < -0.4 is 14.5 Å². The Morgan fingerprint density at radius 3 is 2.31 bits per heavy atom. The van der Waals surface area contributed by atoms with Gasteiger partial charge < -0.3 is 0 Å². The van der Waals surface area contributed by atoms with Crippen LogP contribution in [0.25, 0.3) is 20.4 Å². The van der Waals surface area contributed by atoms with E-state index >= 15 is 0 Å². The van der Waals surface area contributed by atoms with Crippen LogP contribution in [0.3, 0.4) is 0 Å². The summed E-state index contributed by atoms with van der Waals surface area (Å²) in [5, 5.41) is 0. The second kappa shape index (κ2) is 7.12. The van der Waals surface area contributed by atoms with Crippen LogP contribution in [0.4, 0.5) is 5.69 Å². The van der Waals surface area contributed by atoms with Crippen LogP contribution in [0.15, 0.2) is 50.9 Å². The van der Waals surface area contributed by atoms with Crippen LogP contribution in [-0.2, 0) is 16.6 Å². The molecule has 0 saturated carbocycles. The molecule has 0 amide bonds. The van der Waals surface area contributed by atoms with Gasteiger partial charge in [0.05, 0.1) is 31.0 Å². The maximum absolute atomic E-state index is 12.9. The first-order valence-electron chi connectivity index (χ1n) is 9.02. The van der Waals surface area contributed by atoms with Crippen LogP contribution in [0.2, 0.25) is 0 Å². The molecular formula is C19H19N3O4S3. The summed E-state index contributed by atoms with van der Waals surface area (Å²) in [6.07, 6.45) is 0. The molecule has 0 aliphatic rings. The summed E-state index contributed by atoms with van der Waals surface area (Å²) in [5.41, 5.74) is 1.89. The molecule has 7 nitrogen and oxygen atoms in total. The SMILES string of the molecule is CCn1c(=O)sc2cc(NS(=O)(=O)c3ccc4c(c3)sc(=O)n4C(C)C)ccc21. The molecule has 0 fully saturated rings. The van der Waals surface area contributed by atoms with Gasteiger partial charge in [-0.1, -0.05) is 22.7 Å². The van der Waals surface area contributed by atoms with Crippen molar-refractivity contribution in [3.05, 3.63) is 55.7 Å². The smallest absolute Gasteiger partial charge is 0.299 e. The van der Waals surface area contributed by atoms with Crippen LogP contribution in [0, 0.1) is 0 Å². The number of fused-ring (bicyclic) bond motifs is 2. The molecule has 1 N–H and O–H groups in total. The highest BCUT2D eigenvalue weighted by Gasteiger charge is 2.18. The van der Waals surface area contributed by atoms with Gasteiger partial charge in [0.15, 0.2) is 0 Å². The maximum atomic E-state index is 12.9. The summed E-state index contributed by atoms with van der Waals surface area (Å²) in [5.74, 6) is 0. The maximum Gasteiger partial charge on any atom is 0.308 e.